The van der Waals surface area contributed by atoms with Crippen LogP contribution in [0.25, 0.3) is 0 Å². The zero-order chi connectivity index (χ0) is 13.6. The van der Waals surface area contributed by atoms with E-state index in [1.807, 2.05) is 13.8 Å². The summed E-state index contributed by atoms with van der Waals surface area (Å²) in [5.74, 6) is 0. The third-order valence-electron chi connectivity index (χ3n) is 2.85. The Morgan fingerprint density at radius 1 is 1.33 bits per heavy atom. The second-order valence-corrected chi connectivity index (χ2v) is 5.69. The number of ether oxygens (including phenoxy) is 1. The van der Waals surface area contributed by atoms with E-state index in [9.17, 15) is 5.11 Å². The second kappa shape index (κ2) is 7.23. The number of thiocarbonyl (C=S) groups is 1. The molecule has 1 aliphatic rings. The van der Waals surface area contributed by atoms with Gasteiger partial charge in [0, 0.05) is 46.4 Å². The summed E-state index contributed by atoms with van der Waals surface area (Å²) < 4.78 is 4.97. The van der Waals surface area contributed by atoms with Crippen LogP contribution in [0.2, 0.25) is 0 Å². The van der Waals surface area contributed by atoms with Crippen molar-refractivity contribution in [1.82, 2.24) is 15.1 Å². The van der Waals surface area contributed by atoms with Gasteiger partial charge in [-0.25, -0.2) is 0 Å². The molecule has 0 unspecified atom stereocenters. The molecule has 0 atom stereocenters. The predicted molar refractivity (Wildman–Crippen MR) is 76.8 cm³/mol. The van der Waals surface area contributed by atoms with Gasteiger partial charge >= 0.3 is 0 Å². The van der Waals surface area contributed by atoms with E-state index in [1.54, 1.807) is 7.11 Å². The van der Waals surface area contributed by atoms with Crippen LogP contribution in [0.15, 0.2) is 0 Å². The molecule has 0 amide bonds. The van der Waals surface area contributed by atoms with Crippen molar-refractivity contribution in [1.29, 1.82) is 0 Å². The van der Waals surface area contributed by atoms with E-state index >= 15 is 0 Å². The van der Waals surface area contributed by atoms with Gasteiger partial charge in [0.1, 0.15) is 0 Å². The lowest BCUT2D eigenvalue weighted by Gasteiger charge is -2.38. The average Bonchev–Trinajstić information content (AvgIpc) is 2.28. The van der Waals surface area contributed by atoms with Gasteiger partial charge in [0.05, 0.1) is 12.2 Å². The Bertz CT molecular complexity index is 261. The van der Waals surface area contributed by atoms with Crippen LogP contribution < -0.4 is 5.32 Å². The van der Waals surface area contributed by atoms with Gasteiger partial charge in [-0.3, -0.25) is 4.90 Å². The fraction of sp³-hybridized carbons (Fsp3) is 0.917. The van der Waals surface area contributed by atoms with E-state index in [4.69, 9.17) is 17.0 Å². The number of methoxy groups -OCH3 is 1. The maximum Gasteiger partial charge on any atom is 0.169 e. The monoisotopic (exact) mass is 275 g/mol. The molecule has 6 heteroatoms. The van der Waals surface area contributed by atoms with Crippen molar-refractivity contribution in [2.24, 2.45) is 0 Å². The second-order valence-electron chi connectivity index (χ2n) is 5.30. The van der Waals surface area contributed by atoms with Gasteiger partial charge in [0.15, 0.2) is 5.11 Å². The van der Waals surface area contributed by atoms with Crippen molar-refractivity contribution in [2.45, 2.75) is 19.4 Å². The summed E-state index contributed by atoms with van der Waals surface area (Å²) in [6.07, 6.45) is 0. The van der Waals surface area contributed by atoms with Crippen molar-refractivity contribution in [3.8, 4) is 0 Å². The third-order valence-corrected chi connectivity index (χ3v) is 3.25. The first kappa shape index (κ1) is 15.6. The highest BCUT2D eigenvalue weighted by Crippen LogP contribution is 2.08. The predicted octanol–water partition coefficient (Wildman–Crippen LogP) is -0.104. The molecule has 0 saturated carbocycles. The van der Waals surface area contributed by atoms with E-state index in [0.29, 0.717) is 13.2 Å². The minimum Gasteiger partial charge on any atom is -0.389 e. The lowest BCUT2D eigenvalue weighted by Crippen LogP contribution is -2.54. The molecule has 0 spiro atoms. The molecule has 0 bridgehead atoms. The fourth-order valence-electron chi connectivity index (χ4n) is 2.03. The molecule has 1 heterocycles. The molecule has 2 N–H and O–H groups in total. The van der Waals surface area contributed by atoms with Crippen LogP contribution in [-0.2, 0) is 4.74 Å². The normalized spacial score (nSPS) is 17.9. The number of β-amino-alcohol motifs (C(OH)–C–C–N with tert-alkyl or cyclic N) is 1. The highest BCUT2D eigenvalue weighted by atomic mass is 32.1. The van der Waals surface area contributed by atoms with Crippen LogP contribution in [-0.4, -0.2) is 78.6 Å². The molecular formula is C12H25N3O2S. The van der Waals surface area contributed by atoms with Crippen LogP contribution in [0.3, 0.4) is 0 Å². The highest BCUT2D eigenvalue weighted by molar-refractivity contribution is 7.80. The third kappa shape index (κ3) is 5.95. The Hall–Kier alpha value is -0.430. The zero-order valence-electron chi connectivity index (χ0n) is 11.6. The number of nitrogens with zero attached hydrogens (tertiary/aromatic N) is 2. The minimum atomic E-state index is -0.626. The van der Waals surface area contributed by atoms with Crippen molar-refractivity contribution in [2.75, 3.05) is 53.0 Å². The maximum absolute atomic E-state index is 9.78. The Morgan fingerprint density at radius 2 is 1.94 bits per heavy atom. The first-order valence-corrected chi connectivity index (χ1v) is 6.79. The number of piperazine rings is 1. The summed E-state index contributed by atoms with van der Waals surface area (Å²) in [5, 5.41) is 13.8. The molecule has 0 aromatic rings. The van der Waals surface area contributed by atoms with E-state index in [2.05, 4.69) is 15.1 Å². The maximum atomic E-state index is 9.78. The SMILES string of the molecule is COCCNC(=S)N1CCN(CC(C)(C)O)CC1. The fourth-order valence-corrected chi connectivity index (χ4v) is 2.31. The topological polar surface area (TPSA) is 48.0 Å². The molecule has 1 rings (SSSR count). The van der Waals surface area contributed by atoms with Crippen molar-refractivity contribution < 1.29 is 9.84 Å². The molecular weight excluding hydrogens is 250 g/mol. The molecule has 18 heavy (non-hydrogen) atoms. The van der Waals surface area contributed by atoms with Gasteiger partial charge in [0.25, 0.3) is 0 Å². The van der Waals surface area contributed by atoms with Gasteiger partial charge in [-0.15, -0.1) is 0 Å². The standard InChI is InChI=1S/C12H25N3O2S/c1-12(2,16)10-14-5-7-15(8-6-14)11(18)13-4-9-17-3/h16H,4-10H2,1-3H3,(H,13,18). The summed E-state index contributed by atoms with van der Waals surface area (Å²) in [4.78, 5) is 4.44. The summed E-state index contributed by atoms with van der Waals surface area (Å²) >= 11 is 5.33. The number of hydrogen-bond donors (Lipinski definition) is 2. The van der Waals surface area contributed by atoms with Gasteiger partial charge in [-0.05, 0) is 26.1 Å². The highest BCUT2D eigenvalue weighted by Gasteiger charge is 2.23. The first-order valence-electron chi connectivity index (χ1n) is 6.39. The van der Waals surface area contributed by atoms with Crippen molar-refractivity contribution in [3.05, 3.63) is 0 Å². The molecule has 106 valence electrons. The Kier molecular flexibility index (Phi) is 6.28. The Morgan fingerprint density at radius 3 is 2.44 bits per heavy atom. The molecule has 5 nitrogen and oxygen atoms in total. The number of nitrogens with one attached hydrogen (secondary N) is 1. The van der Waals surface area contributed by atoms with Crippen LogP contribution >= 0.6 is 12.2 Å². The van der Waals surface area contributed by atoms with Crippen LogP contribution in [0.1, 0.15) is 13.8 Å². The minimum absolute atomic E-state index is 0.626. The summed E-state index contributed by atoms with van der Waals surface area (Å²) in [7, 11) is 1.68. The van der Waals surface area contributed by atoms with E-state index in [0.717, 1.165) is 37.8 Å². The van der Waals surface area contributed by atoms with Gasteiger partial charge < -0.3 is 20.1 Å². The lowest BCUT2D eigenvalue weighted by molar-refractivity contribution is 0.0250. The number of rotatable bonds is 5. The van der Waals surface area contributed by atoms with Gasteiger partial charge in [-0.1, -0.05) is 0 Å². The smallest absolute Gasteiger partial charge is 0.169 e. The Labute approximate surface area is 115 Å². The zero-order valence-corrected chi connectivity index (χ0v) is 12.4. The van der Waals surface area contributed by atoms with Crippen molar-refractivity contribution >= 4 is 17.3 Å². The molecule has 0 radical (unpaired) electrons. The molecule has 0 aromatic heterocycles. The van der Waals surface area contributed by atoms with E-state index in [-0.39, 0.29) is 0 Å². The number of aliphatic hydroxyl groups is 1. The first-order chi connectivity index (χ1) is 8.42. The van der Waals surface area contributed by atoms with Gasteiger partial charge in [-0.2, -0.15) is 0 Å². The van der Waals surface area contributed by atoms with E-state index in [1.165, 1.54) is 0 Å². The van der Waals surface area contributed by atoms with Crippen molar-refractivity contribution in [3.63, 3.8) is 0 Å². The largest absolute Gasteiger partial charge is 0.389 e. The molecule has 0 aromatic carbocycles. The summed E-state index contributed by atoms with van der Waals surface area (Å²) in [5.41, 5.74) is -0.626. The van der Waals surface area contributed by atoms with Crippen LogP contribution in [0, 0.1) is 0 Å². The van der Waals surface area contributed by atoms with Gasteiger partial charge in [0.2, 0.25) is 0 Å². The quantitative estimate of drug-likeness (QED) is 0.540. The van der Waals surface area contributed by atoms with E-state index < -0.39 is 5.60 Å². The summed E-state index contributed by atoms with van der Waals surface area (Å²) in [6, 6.07) is 0. The van der Waals surface area contributed by atoms with Crippen LogP contribution in [0.5, 0.6) is 0 Å². The van der Waals surface area contributed by atoms with Crippen LogP contribution in [0.4, 0.5) is 0 Å². The molecule has 1 saturated heterocycles. The summed E-state index contributed by atoms with van der Waals surface area (Å²) in [6.45, 7) is 9.52. The molecule has 1 fully saturated rings. The lowest BCUT2D eigenvalue weighted by atomic mass is 10.1. The molecule has 0 aliphatic carbocycles. The number of hydrogen-bond acceptors (Lipinski definition) is 4. The Balaban J connectivity index is 2.24. The molecule has 1 aliphatic heterocycles. The average molecular weight is 275 g/mol.